The first kappa shape index (κ1) is 20.2. The third-order valence-corrected chi connectivity index (χ3v) is 5.27. The van der Waals surface area contributed by atoms with Gasteiger partial charge in [-0.3, -0.25) is 4.79 Å². The molecule has 12 heteroatoms. The summed E-state index contributed by atoms with van der Waals surface area (Å²) < 4.78 is 10.8. The number of aromatic nitrogens is 2. The maximum Gasteiger partial charge on any atom is 0.430 e. The van der Waals surface area contributed by atoms with Crippen LogP contribution in [0.1, 0.15) is 21.6 Å². The van der Waals surface area contributed by atoms with Gasteiger partial charge in [0.1, 0.15) is 11.9 Å². The van der Waals surface area contributed by atoms with Crippen LogP contribution in [-0.4, -0.2) is 68.8 Å². The van der Waals surface area contributed by atoms with Crippen molar-refractivity contribution in [2.45, 2.75) is 31.3 Å². The molecule has 1 aromatic carbocycles. The van der Waals surface area contributed by atoms with Crippen LogP contribution in [0.3, 0.4) is 0 Å². The molecule has 2 aromatic rings. The Morgan fingerprint density at radius 3 is 2.87 bits per heavy atom. The lowest BCUT2D eigenvalue weighted by atomic mass is 9.70. The number of carbonyl (C=O) groups is 2. The number of nitrogens with one attached hydrogen (secondary N) is 1. The van der Waals surface area contributed by atoms with Gasteiger partial charge in [0, 0.05) is 18.3 Å². The van der Waals surface area contributed by atoms with Crippen LogP contribution in [0.5, 0.6) is 11.5 Å². The second-order valence-electron chi connectivity index (χ2n) is 7.60. The fourth-order valence-electron chi connectivity index (χ4n) is 3.65. The Morgan fingerprint density at radius 2 is 2.20 bits per heavy atom. The lowest BCUT2D eigenvalue weighted by Gasteiger charge is -2.41. The molecule has 2 aliphatic heterocycles. The topological polar surface area (TPSA) is 174 Å². The number of hydrogen-bond donors (Lipinski definition) is 4. The van der Waals surface area contributed by atoms with Crippen molar-refractivity contribution in [3.8, 4) is 11.5 Å². The van der Waals surface area contributed by atoms with E-state index in [1.165, 1.54) is 17.3 Å². The Kier molecular flexibility index (Phi) is 5.14. The number of H-pyrrole nitrogens is 1. The summed E-state index contributed by atoms with van der Waals surface area (Å²) in [5.74, 6) is -1.96. The summed E-state index contributed by atoms with van der Waals surface area (Å²) in [4.78, 5) is 32.4. The zero-order valence-electron chi connectivity index (χ0n) is 16.0. The van der Waals surface area contributed by atoms with E-state index >= 15 is 0 Å². The molecule has 30 heavy (non-hydrogen) atoms. The number of carboxylic acid groups (broad SMARTS) is 1. The van der Waals surface area contributed by atoms with Gasteiger partial charge in [0.2, 0.25) is 5.91 Å². The highest BCUT2D eigenvalue weighted by Gasteiger charge is 2.36. The van der Waals surface area contributed by atoms with E-state index in [0.29, 0.717) is 12.0 Å². The number of nitrogens with zero attached hydrogens (tertiary/aromatic N) is 2. The molecular weight excluding hydrogens is 395 g/mol. The van der Waals surface area contributed by atoms with Gasteiger partial charge in [0.05, 0.1) is 42.7 Å². The van der Waals surface area contributed by atoms with Gasteiger partial charge in [-0.05, 0) is 18.1 Å². The van der Waals surface area contributed by atoms with Crippen LogP contribution in [0.15, 0.2) is 24.7 Å². The Hall–Kier alpha value is -3.09. The van der Waals surface area contributed by atoms with Crippen molar-refractivity contribution < 1.29 is 34.1 Å². The first-order valence-corrected chi connectivity index (χ1v) is 9.58. The van der Waals surface area contributed by atoms with Crippen LogP contribution in [0.25, 0.3) is 0 Å². The number of benzene rings is 1. The van der Waals surface area contributed by atoms with Crippen molar-refractivity contribution in [2.75, 3.05) is 13.1 Å². The van der Waals surface area contributed by atoms with Crippen molar-refractivity contribution in [1.29, 1.82) is 0 Å². The number of likely N-dealkylation sites (tertiary alicyclic amines) is 1. The van der Waals surface area contributed by atoms with E-state index in [-0.39, 0.29) is 48.8 Å². The zero-order chi connectivity index (χ0) is 21.5. The maximum absolute atomic E-state index is 12.4. The number of hydrogen-bond acceptors (Lipinski definition) is 9. The average molecular weight is 416 g/mol. The third-order valence-electron chi connectivity index (χ3n) is 5.27. The number of aryl methyl sites for hydroxylation is 1. The molecule has 3 heterocycles. The molecule has 0 radical (unpaired) electrons. The van der Waals surface area contributed by atoms with Gasteiger partial charge in [0.15, 0.2) is 0 Å². The molecule has 160 valence electrons. The molecule has 11 nitrogen and oxygen atoms in total. The second kappa shape index (κ2) is 7.63. The Morgan fingerprint density at radius 1 is 1.43 bits per heavy atom. The van der Waals surface area contributed by atoms with E-state index in [1.807, 2.05) is 0 Å². The molecular formula is C18H21BN4O7-2. The molecule has 5 N–H and O–H groups in total. The molecule has 1 atom stereocenters. The molecule has 1 aromatic heterocycles. The predicted molar refractivity (Wildman–Crippen MR) is 101 cm³/mol. The number of ether oxygens (including phenoxy) is 1. The number of aromatic amines is 1. The Labute approximate surface area is 171 Å². The quantitative estimate of drug-likeness (QED) is 0.381. The van der Waals surface area contributed by atoms with Crippen molar-refractivity contribution >= 4 is 18.6 Å². The van der Waals surface area contributed by atoms with Crippen LogP contribution < -0.4 is 20.2 Å². The van der Waals surface area contributed by atoms with Crippen LogP contribution >= 0.6 is 0 Å². The van der Waals surface area contributed by atoms with Crippen LogP contribution in [0.4, 0.5) is 0 Å². The van der Waals surface area contributed by atoms with Gasteiger partial charge in [-0.2, -0.15) is 0 Å². The van der Waals surface area contributed by atoms with Gasteiger partial charge in [-0.15, -0.1) is 0 Å². The normalized spacial score (nSPS) is 18.7. The number of fused-ring (bicyclic) bond motifs is 1. The van der Waals surface area contributed by atoms with Crippen molar-refractivity contribution in [1.82, 2.24) is 14.9 Å². The van der Waals surface area contributed by atoms with E-state index in [4.69, 9.17) is 15.1 Å². The summed E-state index contributed by atoms with van der Waals surface area (Å²) in [5.41, 5.74) is 6.86. The monoisotopic (exact) mass is 416 g/mol. The Bertz CT molecular complexity index is 960. The second-order valence-corrected chi connectivity index (χ2v) is 7.60. The number of aromatic carboxylic acids is 1. The molecule has 2 aliphatic rings. The minimum atomic E-state index is -3.13. The van der Waals surface area contributed by atoms with Gasteiger partial charge < -0.3 is 45.0 Å². The lowest BCUT2D eigenvalue weighted by Crippen LogP contribution is -2.60. The summed E-state index contributed by atoms with van der Waals surface area (Å²) in [6.45, 7) is -2.65. The number of rotatable bonds is 6. The van der Waals surface area contributed by atoms with Crippen LogP contribution in [-0.2, 0) is 17.6 Å². The zero-order valence-corrected chi connectivity index (χ0v) is 16.0. The molecule has 0 bridgehead atoms. The molecule has 1 saturated heterocycles. The number of imidazole rings is 1. The van der Waals surface area contributed by atoms with Crippen LogP contribution in [0, 0.1) is 0 Å². The van der Waals surface area contributed by atoms with E-state index in [1.54, 1.807) is 12.3 Å². The smallest absolute Gasteiger partial charge is 0.430 e. The van der Waals surface area contributed by atoms with Crippen molar-refractivity contribution in [3.05, 3.63) is 41.5 Å². The van der Waals surface area contributed by atoms with Gasteiger partial charge in [-0.1, -0.05) is 12.4 Å². The van der Waals surface area contributed by atoms with E-state index in [9.17, 15) is 24.7 Å². The summed E-state index contributed by atoms with van der Waals surface area (Å²) in [6.07, 6.45) is 3.22. The van der Waals surface area contributed by atoms with Gasteiger partial charge >= 0.3 is 6.75 Å². The first-order valence-electron chi connectivity index (χ1n) is 9.58. The fraction of sp³-hybridized carbons (Fsp3) is 0.389. The van der Waals surface area contributed by atoms with E-state index in [2.05, 4.69) is 9.97 Å². The third kappa shape index (κ3) is 3.97. The predicted octanol–water partition coefficient (Wildman–Crippen LogP) is -2.21. The SMILES string of the molecule is N[C@H](Cc1cnc[nH]1)C(=O)N1CC(Oc2ccc3c(c2C(=O)[O-])O[B-](O)(O)CC3)C1. The number of nitrogens with two attached hydrogens (primary N) is 1. The van der Waals surface area contributed by atoms with Gasteiger partial charge in [-0.25, -0.2) is 4.98 Å². The molecule has 0 spiro atoms. The summed E-state index contributed by atoms with van der Waals surface area (Å²) >= 11 is 0. The lowest BCUT2D eigenvalue weighted by molar-refractivity contribution is -0.255. The highest BCUT2D eigenvalue weighted by molar-refractivity contribution is 6.59. The number of carbonyl (C=O) groups excluding carboxylic acids is 2. The summed E-state index contributed by atoms with van der Waals surface area (Å²) in [7, 11) is 0. The Balaban J connectivity index is 1.41. The standard InChI is InChI=1S/C18H22BN4O7/c20-13(5-11-6-21-9-22-11)17(24)23-7-12(8-23)29-14-2-1-10-3-4-19(27,28)30-16(10)15(14)18(25)26/h1-2,6,9,12-13,27-28H,3-5,7-8,20H2,(H,21,22)(H,25,26)/q-1/p-1/t13-/m1/s1. The summed E-state index contributed by atoms with van der Waals surface area (Å²) in [5, 5.41) is 31.2. The number of carboxylic acids is 1. The minimum absolute atomic E-state index is 0.0129. The van der Waals surface area contributed by atoms with E-state index in [0.717, 1.165) is 5.69 Å². The first-order chi connectivity index (χ1) is 14.2. The highest BCUT2D eigenvalue weighted by Crippen LogP contribution is 2.38. The molecule has 4 rings (SSSR count). The summed E-state index contributed by atoms with van der Waals surface area (Å²) in [6, 6.07) is 2.37. The van der Waals surface area contributed by atoms with E-state index < -0.39 is 24.9 Å². The molecule has 1 fully saturated rings. The molecule has 0 aliphatic carbocycles. The number of amides is 1. The van der Waals surface area contributed by atoms with Gasteiger partial charge in [0.25, 0.3) is 0 Å². The fourth-order valence-corrected chi connectivity index (χ4v) is 3.65. The van der Waals surface area contributed by atoms with Crippen LogP contribution in [0.2, 0.25) is 6.32 Å². The maximum atomic E-state index is 12.4. The average Bonchev–Trinajstić information content (AvgIpc) is 3.15. The molecule has 0 saturated carbocycles. The minimum Gasteiger partial charge on any atom is -0.669 e. The largest absolute Gasteiger partial charge is 0.669 e. The van der Waals surface area contributed by atoms with Crippen molar-refractivity contribution in [3.63, 3.8) is 0 Å². The molecule has 1 amide bonds. The van der Waals surface area contributed by atoms with Crippen molar-refractivity contribution in [2.24, 2.45) is 5.73 Å². The molecule has 0 unspecified atom stereocenters. The highest BCUT2D eigenvalue weighted by atomic mass is 16.6.